The molecule has 0 spiro atoms. The fourth-order valence-electron chi connectivity index (χ4n) is 1.69. The van der Waals surface area contributed by atoms with Gasteiger partial charge in [-0.2, -0.15) is 0 Å². The Labute approximate surface area is 110 Å². The van der Waals surface area contributed by atoms with Crippen molar-refractivity contribution in [1.29, 1.82) is 0 Å². The van der Waals surface area contributed by atoms with Gasteiger partial charge in [0.2, 0.25) is 0 Å². The molecule has 1 aromatic carbocycles. The van der Waals surface area contributed by atoms with Crippen LogP contribution in [0.15, 0.2) is 24.5 Å². The largest absolute Gasteiger partial charge is 0.497 e. The molecule has 17 heavy (non-hydrogen) atoms. The van der Waals surface area contributed by atoms with Crippen LogP contribution in [0, 0.1) is 0 Å². The molecule has 0 radical (unpaired) electrons. The Morgan fingerprint density at radius 3 is 2.47 bits per heavy atom. The van der Waals surface area contributed by atoms with E-state index in [2.05, 4.69) is 4.98 Å². The Kier molecular flexibility index (Phi) is 3.60. The highest BCUT2D eigenvalue weighted by molar-refractivity contribution is 6.38. The number of imidazole rings is 1. The third kappa shape index (κ3) is 2.26. The number of hydrogen-bond donors (Lipinski definition) is 0. The summed E-state index contributed by atoms with van der Waals surface area (Å²) in [7, 11) is 1.58. The molecular weight excluding hydrogens is 259 g/mol. The molecule has 0 amide bonds. The number of methoxy groups -OCH3 is 1. The van der Waals surface area contributed by atoms with Gasteiger partial charge >= 0.3 is 0 Å². The average Bonchev–Trinajstić information content (AvgIpc) is 2.76. The molecule has 1 heterocycles. The zero-order valence-electron chi connectivity index (χ0n) is 9.58. The lowest BCUT2D eigenvalue weighted by atomic mass is 10.3. The van der Waals surface area contributed by atoms with E-state index in [0.29, 0.717) is 15.8 Å². The van der Waals surface area contributed by atoms with Crippen molar-refractivity contribution < 1.29 is 4.74 Å². The Balaban J connectivity index is 2.60. The Bertz CT molecular complexity index is 514. The van der Waals surface area contributed by atoms with Gasteiger partial charge < -0.3 is 9.30 Å². The molecule has 0 aliphatic heterocycles. The summed E-state index contributed by atoms with van der Waals surface area (Å²) in [4.78, 5) is 4.25. The average molecular weight is 271 g/mol. The van der Waals surface area contributed by atoms with Crippen LogP contribution in [-0.2, 0) is 6.42 Å². The van der Waals surface area contributed by atoms with Crippen LogP contribution in [0.25, 0.3) is 5.69 Å². The minimum Gasteiger partial charge on any atom is -0.497 e. The molecule has 3 nitrogen and oxygen atoms in total. The van der Waals surface area contributed by atoms with Gasteiger partial charge in [0.15, 0.2) is 0 Å². The monoisotopic (exact) mass is 270 g/mol. The Morgan fingerprint density at radius 2 is 1.94 bits per heavy atom. The van der Waals surface area contributed by atoms with Crippen LogP contribution in [-0.4, -0.2) is 16.7 Å². The standard InChI is InChI=1S/C12H12Cl2N2O/c1-3-11-15-4-5-16(11)12-9(13)6-8(17-2)7-10(12)14/h4-7H,3H2,1-2H3. The summed E-state index contributed by atoms with van der Waals surface area (Å²) in [6.45, 7) is 2.03. The number of rotatable bonds is 3. The van der Waals surface area contributed by atoms with E-state index in [0.717, 1.165) is 17.9 Å². The van der Waals surface area contributed by atoms with E-state index in [-0.39, 0.29) is 0 Å². The van der Waals surface area contributed by atoms with Gasteiger partial charge in [-0.1, -0.05) is 30.1 Å². The fourth-order valence-corrected chi connectivity index (χ4v) is 2.34. The van der Waals surface area contributed by atoms with Crippen molar-refractivity contribution >= 4 is 23.2 Å². The number of aryl methyl sites for hydroxylation is 1. The predicted molar refractivity (Wildman–Crippen MR) is 69.5 cm³/mol. The van der Waals surface area contributed by atoms with Crippen molar-refractivity contribution in [2.75, 3.05) is 7.11 Å². The molecule has 0 bridgehead atoms. The first-order valence-electron chi connectivity index (χ1n) is 5.23. The summed E-state index contributed by atoms with van der Waals surface area (Å²) < 4.78 is 7.00. The van der Waals surface area contributed by atoms with E-state index in [1.807, 2.05) is 17.7 Å². The molecule has 0 saturated carbocycles. The molecule has 0 unspecified atom stereocenters. The molecule has 5 heteroatoms. The molecule has 90 valence electrons. The zero-order valence-corrected chi connectivity index (χ0v) is 11.1. The van der Waals surface area contributed by atoms with Gasteiger partial charge in [0.25, 0.3) is 0 Å². The maximum absolute atomic E-state index is 6.22. The van der Waals surface area contributed by atoms with E-state index in [1.165, 1.54) is 0 Å². The minimum atomic E-state index is 0.544. The van der Waals surface area contributed by atoms with E-state index < -0.39 is 0 Å². The van der Waals surface area contributed by atoms with Gasteiger partial charge in [-0.15, -0.1) is 0 Å². The van der Waals surface area contributed by atoms with Crippen LogP contribution in [0.1, 0.15) is 12.7 Å². The fraction of sp³-hybridized carbons (Fsp3) is 0.250. The van der Waals surface area contributed by atoms with Gasteiger partial charge in [-0.3, -0.25) is 0 Å². The maximum Gasteiger partial charge on any atom is 0.121 e. The molecule has 2 rings (SSSR count). The van der Waals surface area contributed by atoms with E-state index in [4.69, 9.17) is 27.9 Å². The van der Waals surface area contributed by atoms with E-state index >= 15 is 0 Å². The SMILES string of the molecule is CCc1nccn1-c1c(Cl)cc(OC)cc1Cl. The minimum absolute atomic E-state index is 0.544. The Hall–Kier alpha value is -1.19. The molecular formula is C12H12Cl2N2O. The van der Waals surface area contributed by atoms with Crippen molar-refractivity contribution in [3.05, 3.63) is 40.4 Å². The van der Waals surface area contributed by atoms with Crippen molar-refractivity contribution in [1.82, 2.24) is 9.55 Å². The van der Waals surface area contributed by atoms with Crippen LogP contribution in [0.5, 0.6) is 5.75 Å². The number of nitrogens with zero attached hydrogens (tertiary/aromatic N) is 2. The quantitative estimate of drug-likeness (QED) is 0.850. The number of halogens is 2. The topological polar surface area (TPSA) is 27.1 Å². The van der Waals surface area contributed by atoms with Gasteiger partial charge in [0, 0.05) is 30.9 Å². The zero-order chi connectivity index (χ0) is 12.4. The van der Waals surface area contributed by atoms with Crippen LogP contribution < -0.4 is 4.74 Å². The first-order valence-corrected chi connectivity index (χ1v) is 5.98. The maximum atomic E-state index is 6.22. The van der Waals surface area contributed by atoms with Crippen LogP contribution in [0.3, 0.4) is 0 Å². The lowest BCUT2D eigenvalue weighted by Crippen LogP contribution is -2.01. The summed E-state index contributed by atoms with van der Waals surface area (Å²) in [5, 5.41) is 1.09. The number of hydrogen-bond acceptors (Lipinski definition) is 2. The van der Waals surface area contributed by atoms with Crippen LogP contribution in [0.2, 0.25) is 10.0 Å². The lowest BCUT2D eigenvalue weighted by molar-refractivity contribution is 0.415. The second-order valence-corrected chi connectivity index (χ2v) is 4.32. The number of aromatic nitrogens is 2. The lowest BCUT2D eigenvalue weighted by Gasteiger charge is -2.12. The highest BCUT2D eigenvalue weighted by Gasteiger charge is 2.13. The number of benzene rings is 1. The second-order valence-electron chi connectivity index (χ2n) is 3.51. The molecule has 0 atom stereocenters. The van der Waals surface area contributed by atoms with E-state index in [9.17, 15) is 0 Å². The van der Waals surface area contributed by atoms with Crippen LogP contribution in [0.4, 0.5) is 0 Å². The molecule has 2 aromatic rings. The molecule has 0 saturated heterocycles. The molecule has 1 aromatic heterocycles. The Morgan fingerprint density at radius 1 is 1.29 bits per heavy atom. The van der Waals surface area contributed by atoms with Gasteiger partial charge in [0.05, 0.1) is 22.8 Å². The molecule has 0 fully saturated rings. The summed E-state index contributed by atoms with van der Waals surface area (Å²) >= 11 is 12.4. The van der Waals surface area contributed by atoms with Gasteiger partial charge in [0.1, 0.15) is 11.6 Å². The summed E-state index contributed by atoms with van der Waals surface area (Å²) in [5.41, 5.74) is 0.739. The van der Waals surface area contributed by atoms with E-state index in [1.54, 1.807) is 25.4 Å². The van der Waals surface area contributed by atoms with Crippen molar-refractivity contribution in [2.45, 2.75) is 13.3 Å². The normalized spacial score (nSPS) is 10.6. The van der Waals surface area contributed by atoms with Crippen molar-refractivity contribution in [3.8, 4) is 11.4 Å². The third-order valence-corrected chi connectivity index (χ3v) is 3.08. The third-order valence-electron chi connectivity index (χ3n) is 2.50. The first-order chi connectivity index (χ1) is 8.17. The summed E-state index contributed by atoms with van der Waals surface area (Å²) in [6, 6.07) is 3.48. The predicted octanol–water partition coefficient (Wildman–Crippen LogP) is 3.75. The summed E-state index contributed by atoms with van der Waals surface area (Å²) in [6.07, 6.45) is 4.39. The summed E-state index contributed by atoms with van der Waals surface area (Å²) in [5.74, 6) is 1.56. The van der Waals surface area contributed by atoms with Gasteiger partial charge in [-0.25, -0.2) is 4.98 Å². The molecule has 0 aliphatic rings. The highest BCUT2D eigenvalue weighted by atomic mass is 35.5. The number of ether oxygens (including phenoxy) is 1. The second kappa shape index (κ2) is 4.98. The molecule has 0 aliphatic carbocycles. The first kappa shape index (κ1) is 12.3. The van der Waals surface area contributed by atoms with Gasteiger partial charge in [-0.05, 0) is 0 Å². The van der Waals surface area contributed by atoms with Crippen molar-refractivity contribution in [2.24, 2.45) is 0 Å². The highest BCUT2D eigenvalue weighted by Crippen LogP contribution is 2.33. The van der Waals surface area contributed by atoms with Crippen LogP contribution >= 0.6 is 23.2 Å². The van der Waals surface area contributed by atoms with Crippen molar-refractivity contribution in [3.63, 3.8) is 0 Å². The smallest absolute Gasteiger partial charge is 0.121 e. The molecule has 0 N–H and O–H groups in total.